The highest BCUT2D eigenvalue weighted by molar-refractivity contribution is 5.96. The molecule has 2 aromatic rings. The summed E-state index contributed by atoms with van der Waals surface area (Å²) in [6.07, 6.45) is 5.74. The Morgan fingerprint density at radius 3 is 2.41 bits per heavy atom. The maximum Gasteiger partial charge on any atom is 0.219 e. The highest BCUT2D eigenvalue weighted by Crippen LogP contribution is 2.25. The van der Waals surface area contributed by atoms with Crippen molar-refractivity contribution in [2.45, 2.75) is 58.5 Å². The highest BCUT2D eigenvalue weighted by atomic mass is 35.5. The van der Waals surface area contributed by atoms with Gasteiger partial charge in [0.25, 0.3) is 0 Å². The Kier molecular flexibility index (Phi) is 9.54. The summed E-state index contributed by atoms with van der Waals surface area (Å²) in [4.78, 5) is 28.9. The molecule has 0 atom stereocenters. The Labute approximate surface area is 209 Å². The molecule has 1 fully saturated rings. The van der Waals surface area contributed by atoms with Crippen molar-refractivity contribution in [3.05, 3.63) is 64.7 Å². The van der Waals surface area contributed by atoms with E-state index in [2.05, 4.69) is 29.2 Å². The first-order valence-corrected chi connectivity index (χ1v) is 12.3. The summed E-state index contributed by atoms with van der Waals surface area (Å²) < 4.78 is 5.27. The second-order valence-corrected chi connectivity index (χ2v) is 9.56. The number of rotatable bonds is 7. The molecule has 34 heavy (non-hydrogen) atoms. The van der Waals surface area contributed by atoms with E-state index in [0.717, 1.165) is 76.1 Å². The highest BCUT2D eigenvalue weighted by Gasteiger charge is 2.22. The lowest BCUT2D eigenvalue weighted by molar-refractivity contribution is -0.130. The number of aryl methyl sites for hydroxylation is 1. The van der Waals surface area contributed by atoms with E-state index in [4.69, 9.17) is 4.74 Å². The molecule has 0 aromatic heterocycles. The number of benzene rings is 2. The van der Waals surface area contributed by atoms with Crippen LogP contribution in [0, 0.1) is 5.92 Å². The third-order valence-corrected chi connectivity index (χ3v) is 7.25. The summed E-state index contributed by atoms with van der Waals surface area (Å²) in [5.41, 5.74) is 4.80. The van der Waals surface area contributed by atoms with E-state index in [0.29, 0.717) is 12.3 Å². The van der Waals surface area contributed by atoms with Crippen LogP contribution in [0.25, 0.3) is 0 Å². The van der Waals surface area contributed by atoms with Crippen molar-refractivity contribution in [2.75, 3.05) is 26.7 Å². The van der Waals surface area contributed by atoms with Gasteiger partial charge in [0, 0.05) is 45.1 Å². The molecule has 1 saturated heterocycles. The summed E-state index contributed by atoms with van der Waals surface area (Å²) in [6.45, 7) is 6.14. The normalized spacial score (nSPS) is 16.8. The van der Waals surface area contributed by atoms with Crippen molar-refractivity contribution >= 4 is 24.1 Å². The van der Waals surface area contributed by atoms with Crippen molar-refractivity contribution in [2.24, 2.45) is 5.92 Å². The SMILES string of the molecule is COc1ccc(CN2CCCc3ccc(C(=O)CCC4CCN(C(C)=O)CC4)cc3C2)cc1.Cl. The number of fused-ring (bicyclic) bond motifs is 1. The average Bonchev–Trinajstić information content (AvgIpc) is 3.04. The van der Waals surface area contributed by atoms with Gasteiger partial charge in [-0.1, -0.05) is 24.3 Å². The molecule has 2 heterocycles. The number of ketones is 1. The number of carbonyl (C=O) groups excluding carboxylic acids is 2. The lowest BCUT2D eigenvalue weighted by Crippen LogP contribution is -2.37. The number of likely N-dealkylation sites (tertiary alicyclic amines) is 1. The van der Waals surface area contributed by atoms with Crippen LogP contribution >= 0.6 is 12.4 Å². The molecular formula is C28H37ClN2O3. The van der Waals surface area contributed by atoms with Crippen LogP contribution in [0.5, 0.6) is 5.75 Å². The number of nitrogens with zero attached hydrogens (tertiary/aromatic N) is 2. The van der Waals surface area contributed by atoms with E-state index < -0.39 is 0 Å². The number of ether oxygens (including phenoxy) is 1. The van der Waals surface area contributed by atoms with Gasteiger partial charge >= 0.3 is 0 Å². The van der Waals surface area contributed by atoms with Crippen LogP contribution in [0.15, 0.2) is 42.5 Å². The lowest BCUT2D eigenvalue weighted by Gasteiger charge is -2.31. The molecule has 6 heteroatoms. The van der Waals surface area contributed by atoms with Crippen molar-refractivity contribution in [1.82, 2.24) is 9.80 Å². The number of carbonyl (C=O) groups is 2. The van der Waals surface area contributed by atoms with Crippen LogP contribution < -0.4 is 4.74 Å². The zero-order chi connectivity index (χ0) is 23.2. The molecule has 5 nitrogen and oxygen atoms in total. The van der Waals surface area contributed by atoms with Crippen LogP contribution in [0.3, 0.4) is 0 Å². The van der Waals surface area contributed by atoms with Crippen molar-refractivity contribution in [3.8, 4) is 5.75 Å². The van der Waals surface area contributed by atoms with E-state index in [1.54, 1.807) is 14.0 Å². The minimum Gasteiger partial charge on any atom is -0.497 e. The second-order valence-electron chi connectivity index (χ2n) is 9.56. The zero-order valence-electron chi connectivity index (χ0n) is 20.4. The van der Waals surface area contributed by atoms with Crippen molar-refractivity contribution < 1.29 is 14.3 Å². The van der Waals surface area contributed by atoms with Gasteiger partial charge in [-0.25, -0.2) is 0 Å². The van der Waals surface area contributed by atoms with E-state index in [1.165, 1.54) is 16.7 Å². The Balaban J connectivity index is 0.00000324. The fourth-order valence-corrected chi connectivity index (χ4v) is 5.14. The minimum absolute atomic E-state index is 0. The Bertz CT molecular complexity index is 968. The van der Waals surface area contributed by atoms with Crippen LogP contribution in [0.4, 0.5) is 0 Å². The maximum absolute atomic E-state index is 13.0. The quantitative estimate of drug-likeness (QED) is 0.501. The zero-order valence-corrected chi connectivity index (χ0v) is 21.2. The van der Waals surface area contributed by atoms with Gasteiger partial charge in [0.15, 0.2) is 5.78 Å². The molecule has 184 valence electrons. The molecule has 4 rings (SSSR count). The standard InChI is InChI=1S/C28H36N2O3.ClH/c1-21(31)30-16-13-22(14-17-30)7-12-28(32)25-9-8-24-4-3-15-29(20-26(24)18-25)19-23-5-10-27(33-2)11-6-23;/h5-6,8-11,18,22H,3-4,7,12-17,19-20H2,1-2H3;1H. The topological polar surface area (TPSA) is 49.9 Å². The molecule has 0 saturated carbocycles. The average molecular weight is 485 g/mol. The largest absolute Gasteiger partial charge is 0.497 e. The molecule has 2 aliphatic heterocycles. The molecule has 0 aliphatic carbocycles. The van der Waals surface area contributed by atoms with Crippen molar-refractivity contribution in [3.63, 3.8) is 0 Å². The molecule has 2 aliphatic rings. The van der Waals surface area contributed by atoms with Crippen LogP contribution in [0.1, 0.15) is 66.1 Å². The van der Waals surface area contributed by atoms with Crippen molar-refractivity contribution in [1.29, 1.82) is 0 Å². The van der Waals surface area contributed by atoms with Gasteiger partial charge in [-0.3, -0.25) is 14.5 Å². The Morgan fingerprint density at radius 2 is 1.74 bits per heavy atom. The smallest absolute Gasteiger partial charge is 0.219 e. The molecule has 1 amide bonds. The Morgan fingerprint density at radius 1 is 1.00 bits per heavy atom. The van der Waals surface area contributed by atoms with Gasteiger partial charge in [0.05, 0.1) is 7.11 Å². The maximum atomic E-state index is 13.0. The van der Waals surface area contributed by atoms with Crippen LogP contribution in [0.2, 0.25) is 0 Å². The summed E-state index contributed by atoms with van der Waals surface area (Å²) >= 11 is 0. The molecule has 0 N–H and O–H groups in total. The number of hydrogen-bond donors (Lipinski definition) is 0. The molecule has 0 spiro atoms. The number of piperidine rings is 1. The van der Waals surface area contributed by atoms with Crippen LogP contribution in [-0.2, 0) is 24.3 Å². The molecule has 2 aromatic carbocycles. The summed E-state index contributed by atoms with van der Waals surface area (Å²) in [5, 5.41) is 0. The third-order valence-electron chi connectivity index (χ3n) is 7.25. The van der Waals surface area contributed by atoms with E-state index in [9.17, 15) is 9.59 Å². The van der Waals surface area contributed by atoms with Gasteiger partial charge in [-0.15, -0.1) is 12.4 Å². The molecule has 0 radical (unpaired) electrons. The fourth-order valence-electron chi connectivity index (χ4n) is 5.14. The summed E-state index contributed by atoms with van der Waals surface area (Å²) in [6, 6.07) is 14.6. The first-order chi connectivity index (χ1) is 16.0. The number of hydrogen-bond acceptors (Lipinski definition) is 4. The fraction of sp³-hybridized carbons (Fsp3) is 0.500. The first kappa shape index (κ1) is 26.2. The Hall–Kier alpha value is -2.37. The van der Waals surface area contributed by atoms with Crippen LogP contribution in [-0.4, -0.2) is 48.2 Å². The predicted molar refractivity (Wildman–Crippen MR) is 138 cm³/mol. The van der Waals surface area contributed by atoms with E-state index >= 15 is 0 Å². The third kappa shape index (κ3) is 6.83. The van der Waals surface area contributed by atoms with E-state index in [1.807, 2.05) is 23.1 Å². The van der Waals surface area contributed by atoms with E-state index in [-0.39, 0.29) is 24.1 Å². The molecular weight excluding hydrogens is 448 g/mol. The second kappa shape index (κ2) is 12.4. The lowest BCUT2D eigenvalue weighted by atomic mass is 9.89. The minimum atomic E-state index is 0. The monoisotopic (exact) mass is 484 g/mol. The number of halogens is 1. The van der Waals surface area contributed by atoms with Gasteiger partial charge < -0.3 is 9.64 Å². The molecule has 0 bridgehead atoms. The number of methoxy groups -OCH3 is 1. The van der Waals surface area contributed by atoms with Gasteiger partial charge in [-0.2, -0.15) is 0 Å². The first-order valence-electron chi connectivity index (χ1n) is 12.3. The van der Waals surface area contributed by atoms with Gasteiger partial charge in [0.2, 0.25) is 5.91 Å². The van der Waals surface area contributed by atoms with Gasteiger partial charge in [0.1, 0.15) is 5.75 Å². The summed E-state index contributed by atoms with van der Waals surface area (Å²) in [7, 11) is 1.69. The molecule has 0 unspecified atom stereocenters. The summed E-state index contributed by atoms with van der Waals surface area (Å²) in [5.74, 6) is 1.84. The number of amides is 1. The number of Topliss-reactive ketones (excluding diaryl/α,β-unsaturated/α-hetero) is 1. The van der Waals surface area contributed by atoms with Gasteiger partial charge in [-0.05, 0) is 79.5 Å². The predicted octanol–water partition coefficient (Wildman–Crippen LogP) is 5.29.